The standard InChI is InChI=1S/C18H32N4O.HI/c1-5-19-17(22(3)14-16-8-6-12-21(16)2)20-15-18(9-7-10-18)11-13-23-4;/h6,8,12H,5,7,9-11,13-15H2,1-4H3,(H,19,20);1H. The Morgan fingerprint density at radius 2 is 2.21 bits per heavy atom. The molecule has 0 spiro atoms. The first-order valence-electron chi connectivity index (χ1n) is 8.69. The normalized spacial score (nSPS) is 16.2. The molecule has 0 aromatic carbocycles. The van der Waals surface area contributed by atoms with E-state index in [1.165, 1.54) is 25.0 Å². The lowest BCUT2D eigenvalue weighted by atomic mass is 9.67. The Morgan fingerprint density at radius 1 is 1.46 bits per heavy atom. The smallest absolute Gasteiger partial charge is 0.194 e. The van der Waals surface area contributed by atoms with Gasteiger partial charge in [0.05, 0.1) is 6.54 Å². The predicted octanol–water partition coefficient (Wildman–Crippen LogP) is 3.25. The molecule has 1 aromatic rings. The second-order valence-corrected chi connectivity index (χ2v) is 6.73. The monoisotopic (exact) mass is 448 g/mol. The number of guanidine groups is 1. The van der Waals surface area contributed by atoms with Crippen LogP contribution in [0.3, 0.4) is 0 Å². The maximum Gasteiger partial charge on any atom is 0.194 e. The highest BCUT2D eigenvalue weighted by Crippen LogP contribution is 2.44. The van der Waals surface area contributed by atoms with Crippen molar-refractivity contribution in [1.82, 2.24) is 14.8 Å². The number of ether oxygens (including phenoxy) is 1. The van der Waals surface area contributed by atoms with Gasteiger partial charge in [0.2, 0.25) is 0 Å². The van der Waals surface area contributed by atoms with E-state index in [1.807, 2.05) is 0 Å². The molecule has 138 valence electrons. The zero-order chi connectivity index (χ0) is 16.7. The Balaban J connectivity index is 0.00000288. The van der Waals surface area contributed by atoms with Gasteiger partial charge >= 0.3 is 0 Å². The molecule has 1 N–H and O–H groups in total. The van der Waals surface area contributed by atoms with Crippen molar-refractivity contribution in [2.24, 2.45) is 17.5 Å². The van der Waals surface area contributed by atoms with Gasteiger partial charge in [0, 0.05) is 52.8 Å². The minimum atomic E-state index is 0. The predicted molar refractivity (Wildman–Crippen MR) is 111 cm³/mol. The highest BCUT2D eigenvalue weighted by atomic mass is 127. The topological polar surface area (TPSA) is 41.8 Å². The fourth-order valence-electron chi connectivity index (χ4n) is 3.17. The molecule has 1 aromatic heterocycles. The van der Waals surface area contributed by atoms with Gasteiger partial charge in [0.15, 0.2) is 5.96 Å². The number of aliphatic imine (C=N–C) groups is 1. The fraction of sp³-hybridized carbons (Fsp3) is 0.722. The molecule has 1 fully saturated rings. The SMILES string of the molecule is CCNC(=NCC1(CCOC)CCC1)N(C)Cc1cccn1C.I. The number of hydrogen-bond donors (Lipinski definition) is 1. The van der Waals surface area contributed by atoms with Crippen molar-refractivity contribution < 1.29 is 4.74 Å². The number of aromatic nitrogens is 1. The summed E-state index contributed by atoms with van der Waals surface area (Å²) in [4.78, 5) is 7.15. The van der Waals surface area contributed by atoms with Gasteiger partial charge in [-0.1, -0.05) is 6.42 Å². The lowest BCUT2D eigenvalue weighted by molar-refractivity contribution is 0.0776. The average molecular weight is 448 g/mol. The van der Waals surface area contributed by atoms with Crippen LogP contribution in [0, 0.1) is 5.41 Å². The Morgan fingerprint density at radius 3 is 2.71 bits per heavy atom. The van der Waals surface area contributed by atoms with E-state index < -0.39 is 0 Å². The van der Waals surface area contributed by atoms with Gasteiger partial charge in [0.1, 0.15) is 0 Å². The third kappa shape index (κ3) is 5.65. The van der Waals surface area contributed by atoms with Crippen LogP contribution in [0.1, 0.15) is 38.3 Å². The third-order valence-electron chi connectivity index (χ3n) is 4.96. The molecule has 1 aliphatic rings. The maximum atomic E-state index is 5.28. The van der Waals surface area contributed by atoms with Crippen LogP contribution in [0.2, 0.25) is 0 Å². The minimum absolute atomic E-state index is 0. The Kier molecular flexibility index (Phi) is 9.12. The van der Waals surface area contributed by atoms with Crippen LogP contribution in [0.5, 0.6) is 0 Å². The van der Waals surface area contributed by atoms with Crippen molar-refractivity contribution in [1.29, 1.82) is 0 Å². The Labute approximate surface area is 163 Å². The fourth-order valence-corrected chi connectivity index (χ4v) is 3.17. The van der Waals surface area contributed by atoms with Crippen LogP contribution in [0.25, 0.3) is 0 Å². The number of nitrogens with zero attached hydrogens (tertiary/aromatic N) is 3. The number of halogens is 1. The summed E-state index contributed by atoms with van der Waals surface area (Å²) in [6, 6.07) is 4.24. The molecule has 0 unspecified atom stereocenters. The zero-order valence-corrected chi connectivity index (χ0v) is 17.9. The molecule has 0 radical (unpaired) electrons. The summed E-state index contributed by atoms with van der Waals surface area (Å²) < 4.78 is 7.44. The molecule has 5 nitrogen and oxygen atoms in total. The summed E-state index contributed by atoms with van der Waals surface area (Å²) >= 11 is 0. The quantitative estimate of drug-likeness (QED) is 0.377. The van der Waals surface area contributed by atoms with Gasteiger partial charge in [-0.15, -0.1) is 24.0 Å². The van der Waals surface area contributed by atoms with E-state index in [9.17, 15) is 0 Å². The highest BCUT2D eigenvalue weighted by molar-refractivity contribution is 14.0. The number of aryl methyl sites for hydroxylation is 1. The zero-order valence-electron chi connectivity index (χ0n) is 15.5. The molecular formula is C18H33IN4O. The molecule has 1 aliphatic carbocycles. The molecule has 0 saturated heterocycles. The molecule has 24 heavy (non-hydrogen) atoms. The largest absolute Gasteiger partial charge is 0.385 e. The van der Waals surface area contributed by atoms with E-state index >= 15 is 0 Å². The minimum Gasteiger partial charge on any atom is -0.385 e. The van der Waals surface area contributed by atoms with Crippen molar-refractivity contribution in [3.05, 3.63) is 24.0 Å². The second kappa shape index (κ2) is 10.3. The van der Waals surface area contributed by atoms with Crippen LogP contribution in [-0.2, 0) is 18.3 Å². The van der Waals surface area contributed by atoms with Crippen molar-refractivity contribution >= 4 is 29.9 Å². The summed E-state index contributed by atoms with van der Waals surface area (Å²) in [5.41, 5.74) is 1.65. The average Bonchev–Trinajstić information content (AvgIpc) is 2.89. The van der Waals surface area contributed by atoms with Crippen molar-refractivity contribution in [2.45, 2.75) is 39.2 Å². The first-order chi connectivity index (χ1) is 11.1. The van der Waals surface area contributed by atoms with Gasteiger partial charge in [-0.05, 0) is 43.7 Å². The molecule has 2 rings (SSSR count). The maximum absolute atomic E-state index is 5.28. The highest BCUT2D eigenvalue weighted by Gasteiger charge is 2.36. The lowest BCUT2D eigenvalue weighted by Gasteiger charge is -2.41. The van der Waals surface area contributed by atoms with Crippen LogP contribution >= 0.6 is 24.0 Å². The van der Waals surface area contributed by atoms with Crippen LogP contribution < -0.4 is 5.32 Å². The van der Waals surface area contributed by atoms with Gasteiger partial charge in [-0.2, -0.15) is 0 Å². The van der Waals surface area contributed by atoms with Gasteiger partial charge in [-0.25, -0.2) is 0 Å². The Hall–Kier alpha value is -0.760. The van der Waals surface area contributed by atoms with Gasteiger partial charge in [0.25, 0.3) is 0 Å². The molecule has 1 heterocycles. The molecule has 1 saturated carbocycles. The van der Waals surface area contributed by atoms with E-state index in [1.54, 1.807) is 7.11 Å². The number of rotatable bonds is 8. The third-order valence-corrected chi connectivity index (χ3v) is 4.96. The van der Waals surface area contributed by atoms with E-state index in [4.69, 9.17) is 9.73 Å². The van der Waals surface area contributed by atoms with E-state index in [0.717, 1.165) is 38.6 Å². The number of nitrogens with one attached hydrogen (secondary N) is 1. The van der Waals surface area contributed by atoms with Crippen LogP contribution in [-0.4, -0.2) is 49.3 Å². The van der Waals surface area contributed by atoms with Crippen LogP contribution in [0.4, 0.5) is 0 Å². The summed E-state index contributed by atoms with van der Waals surface area (Å²) in [6.45, 7) is 5.61. The van der Waals surface area contributed by atoms with Crippen molar-refractivity contribution in [3.63, 3.8) is 0 Å². The molecule has 0 bridgehead atoms. The van der Waals surface area contributed by atoms with Gasteiger partial charge in [-0.3, -0.25) is 4.99 Å². The second-order valence-electron chi connectivity index (χ2n) is 6.73. The Bertz CT molecular complexity index is 511. The number of methoxy groups -OCH3 is 1. The van der Waals surface area contributed by atoms with E-state index in [2.05, 4.69) is 54.1 Å². The van der Waals surface area contributed by atoms with Gasteiger partial charge < -0.3 is 19.5 Å². The van der Waals surface area contributed by atoms with E-state index in [0.29, 0.717) is 5.41 Å². The molecule has 0 amide bonds. The summed E-state index contributed by atoms with van der Waals surface area (Å²) in [5.74, 6) is 0.998. The molecule has 6 heteroatoms. The molecule has 0 atom stereocenters. The van der Waals surface area contributed by atoms with Crippen LogP contribution in [0.15, 0.2) is 23.3 Å². The lowest BCUT2D eigenvalue weighted by Crippen LogP contribution is -2.41. The first kappa shape index (κ1) is 21.3. The molecular weight excluding hydrogens is 415 g/mol. The summed E-state index contributed by atoms with van der Waals surface area (Å²) in [5, 5.41) is 3.43. The number of hydrogen-bond acceptors (Lipinski definition) is 2. The van der Waals surface area contributed by atoms with Crippen molar-refractivity contribution in [3.8, 4) is 0 Å². The first-order valence-corrected chi connectivity index (χ1v) is 8.69. The molecule has 0 aliphatic heterocycles. The van der Waals surface area contributed by atoms with E-state index in [-0.39, 0.29) is 24.0 Å². The summed E-state index contributed by atoms with van der Waals surface area (Å²) in [6.07, 6.45) is 7.09. The van der Waals surface area contributed by atoms with Crippen molar-refractivity contribution in [2.75, 3.05) is 33.9 Å². The summed E-state index contributed by atoms with van der Waals surface area (Å²) in [7, 11) is 5.98.